The summed E-state index contributed by atoms with van der Waals surface area (Å²) in [5, 5.41) is 12.2. The number of nitrogens with one attached hydrogen (secondary N) is 1. The van der Waals surface area contributed by atoms with Crippen molar-refractivity contribution in [1.29, 1.82) is 0 Å². The molecule has 1 aromatic rings. The average Bonchev–Trinajstić information content (AvgIpc) is 2.53. The molecule has 2 N–H and O–H groups in total. The summed E-state index contributed by atoms with van der Waals surface area (Å²) in [4.78, 5) is 23.6. The van der Waals surface area contributed by atoms with E-state index in [1.54, 1.807) is 12.1 Å². The maximum Gasteiger partial charge on any atom is 0.330 e. The molecule has 0 aromatic heterocycles. The number of hydrogen-bond acceptors (Lipinski definition) is 4. The molecule has 23 heavy (non-hydrogen) atoms. The van der Waals surface area contributed by atoms with Crippen LogP contribution in [-0.4, -0.2) is 36.8 Å². The molecule has 126 valence electrons. The fraction of sp³-hybridized carbons (Fsp3) is 0.500. The number of carbonyl (C=O) groups is 2. The van der Waals surface area contributed by atoms with Crippen molar-refractivity contribution >= 4 is 23.5 Å². The second-order valence-corrected chi connectivity index (χ2v) is 5.83. The van der Waals surface area contributed by atoms with Crippen LogP contribution in [0.1, 0.15) is 37.3 Å². The van der Waals surface area contributed by atoms with Gasteiger partial charge in [-0.2, -0.15) is 0 Å². The summed E-state index contributed by atoms with van der Waals surface area (Å²) < 4.78 is 10.5. The van der Waals surface area contributed by atoms with E-state index in [9.17, 15) is 14.7 Å². The minimum absolute atomic E-state index is 0.141. The van der Waals surface area contributed by atoms with E-state index in [0.717, 1.165) is 19.3 Å². The maximum absolute atomic E-state index is 12.1. The summed E-state index contributed by atoms with van der Waals surface area (Å²) in [5.41, 5.74) is 0.390. The van der Waals surface area contributed by atoms with Crippen LogP contribution in [0.4, 0.5) is 0 Å². The van der Waals surface area contributed by atoms with Crippen molar-refractivity contribution < 1.29 is 24.2 Å². The normalized spacial score (nSPS) is 19.0. The van der Waals surface area contributed by atoms with Gasteiger partial charge in [0.2, 0.25) is 5.91 Å². The molecule has 1 saturated heterocycles. The molecule has 0 saturated carbocycles. The van der Waals surface area contributed by atoms with Crippen molar-refractivity contribution in [2.75, 3.05) is 13.7 Å². The molecular formula is C16H20ClNO5. The molecule has 0 radical (unpaired) electrons. The van der Waals surface area contributed by atoms with E-state index in [4.69, 9.17) is 21.1 Å². The first-order valence-electron chi connectivity index (χ1n) is 7.48. The average molecular weight is 342 g/mol. The van der Waals surface area contributed by atoms with Gasteiger partial charge in [0.05, 0.1) is 24.7 Å². The van der Waals surface area contributed by atoms with E-state index >= 15 is 0 Å². The SMILES string of the molecule is COc1ccc(C(NC(=O)CC2CCCCO2)C(=O)O)cc1Cl. The molecule has 0 spiro atoms. The van der Waals surface area contributed by atoms with Gasteiger partial charge in [0.25, 0.3) is 0 Å². The van der Waals surface area contributed by atoms with Crippen LogP contribution in [-0.2, 0) is 14.3 Å². The zero-order valence-electron chi connectivity index (χ0n) is 12.9. The highest BCUT2D eigenvalue weighted by Gasteiger charge is 2.25. The van der Waals surface area contributed by atoms with Gasteiger partial charge in [-0.3, -0.25) is 4.79 Å². The molecule has 6 nitrogen and oxygen atoms in total. The Morgan fingerprint density at radius 2 is 2.26 bits per heavy atom. The molecule has 0 aliphatic carbocycles. The fourth-order valence-electron chi connectivity index (χ4n) is 2.54. The van der Waals surface area contributed by atoms with Crippen LogP contribution in [0.15, 0.2) is 18.2 Å². The molecular weight excluding hydrogens is 322 g/mol. The number of ether oxygens (including phenoxy) is 2. The monoisotopic (exact) mass is 341 g/mol. The molecule has 2 atom stereocenters. The molecule has 2 rings (SSSR count). The Labute approximate surface area is 139 Å². The number of amides is 1. The lowest BCUT2D eigenvalue weighted by Gasteiger charge is -2.23. The summed E-state index contributed by atoms with van der Waals surface area (Å²) in [6, 6.07) is 3.47. The highest BCUT2D eigenvalue weighted by Crippen LogP contribution is 2.28. The maximum atomic E-state index is 12.1. The largest absolute Gasteiger partial charge is 0.495 e. The van der Waals surface area contributed by atoms with E-state index in [0.29, 0.717) is 22.9 Å². The number of carbonyl (C=O) groups excluding carboxylic acids is 1. The topological polar surface area (TPSA) is 84.9 Å². The molecule has 7 heteroatoms. The van der Waals surface area contributed by atoms with Crippen molar-refractivity contribution in [3.8, 4) is 5.75 Å². The fourth-order valence-corrected chi connectivity index (χ4v) is 2.81. The third kappa shape index (κ3) is 4.84. The second kappa shape index (κ2) is 8.17. The molecule has 1 aromatic carbocycles. The van der Waals surface area contributed by atoms with E-state index in [1.807, 2.05) is 0 Å². The third-order valence-corrected chi connectivity index (χ3v) is 4.04. The first-order chi connectivity index (χ1) is 11.0. The van der Waals surface area contributed by atoms with E-state index in [-0.39, 0.29) is 18.4 Å². The van der Waals surface area contributed by atoms with Crippen LogP contribution in [0.25, 0.3) is 0 Å². The molecule has 1 amide bonds. The van der Waals surface area contributed by atoms with Gasteiger partial charge < -0.3 is 19.9 Å². The quantitative estimate of drug-likeness (QED) is 0.830. The summed E-state index contributed by atoms with van der Waals surface area (Å²) in [7, 11) is 1.47. The molecule has 1 aliphatic rings. The lowest BCUT2D eigenvalue weighted by atomic mass is 10.0. The van der Waals surface area contributed by atoms with Gasteiger partial charge >= 0.3 is 5.97 Å². The Kier molecular flexibility index (Phi) is 6.24. The summed E-state index contributed by atoms with van der Waals surface area (Å²) in [6.45, 7) is 0.647. The zero-order valence-corrected chi connectivity index (χ0v) is 13.6. The number of hydrogen-bond donors (Lipinski definition) is 2. The highest BCUT2D eigenvalue weighted by atomic mass is 35.5. The lowest BCUT2D eigenvalue weighted by molar-refractivity contribution is -0.142. The van der Waals surface area contributed by atoms with Crippen molar-refractivity contribution in [3.05, 3.63) is 28.8 Å². The Morgan fingerprint density at radius 3 is 2.83 bits per heavy atom. The standard InChI is InChI=1S/C16H20ClNO5/c1-22-13-6-5-10(8-12(13)17)15(16(20)21)18-14(19)9-11-4-2-3-7-23-11/h5-6,8,11,15H,2-4,7,9H2,1H3,(H,18,19)(H,20,21). The minimum Gasteiger partial charge on any atom is -0.495 e. The lowest BCUT2D eigenvalue weighted by Crippen LogP contribution is -2.36. The Bertz CT molecular complexity index is 572. The highest BCUT2D eigenvalue weighted by molar-refractivity contribution is 6.32. The van der Waals surface area contributed by atoms with Gasteiger partial charge in [-0.25, -0.2) is 4.79 Å². The van der Waals surface area contributed by atoms with Crippen LogP contribution >= 0.6 is 11.6 Å². The number of rotatable bonds is 6. The van der Waals surface area contributed by atoms with Crippen molar-refractivity contribution in [3.63, 3.8) is 0 Å². The molecule has 1 aliphatic heterocycles. The van der Waals surface area contributed by atoms with Gasteiger partial charge in [0.1, 0.15) is 5.75 Å². The third-order valence-electron chi connectivity index (χ3n) is 3.75. The zero-order chi connectivity index (χ0) is 16.8. The van der Waals surface area contributed by atoms with Gasteiger partial charge in [-0.05, 0) is 37.0 Å². The van der Waals surface area contributed by atoms with Crippen LogP contribution in [0.2, 0.25) is 5.02 Å². The molecule has 1 heterocycles. The van der Waals surface area contributed by atoms with Crippen LogP contribution < -0.4 is 10.1 Å². The van der Waals surface area contributed by atoms with Crippen LogP contribution in [0.3, 0.4) is 0 Å². The number of benzene rings is 1. The number of aliphatic carboxylic acids is 1. The van der Waals surface area contributed by atoms with Crippen LogP contribution in [0, 0.1) is 0 Å². The number of carboxylic acids is 1. The van der Waals surface area contributed by atoms with E-state index in [1.165, 1.54) is 13.2 Å². The number of halogens is 1. The van der Waals surface area contributed by atoms with Gasteiger partial charge in [0, 0.05) is 6.61 Å². The smallest absolute Gasteiger partial charge is 0.330 e. The van der Waals surface area contributed by atoms with Crippen molar-refractivity contribution in [2.45, 2.75) is 37.8 Å². The molecule has 0 bridgehead atoms. The first kappa shape index (κ1) is 17.6. The van der Waals surface area contributed by atoms with Gasteiger partial charge in [-0.1, -0.05) is 17.7 Å². The molecule has 1 fully saturated rings. The Balaban J connectivity index is 2.04. The van der Waals surface area contributed by atoms with Crippen LogP contribution in [0.5, 0.6) is 5.75 Å². The second-order valence-electron chi connectivity index (χ2n) is 5.43. The van der Waals surface area contributed by atoms with Gasteiger partial charge in [0.15, 0.2) is 6.04 Å². The molecule has 2 unspecified atom stereocenters. The summed E-state index contributed by atoms with van der Waals surface area (Å²) in [5.74, 6) is -1.05. The minimum atomic E-state index is -1.16. The predicted octanol–water partition coefficient (Wildman–Crippen LogP) is 2.55. The van der Waals surface area contributed by atoms with E-state index < -0.39 is 12.0 Å². The number of carboxylic acid groups (broad SMARTS) is 1. The first-order valence-corrected chi connectivity index (χ1v) is 7.86. The van der Waals surface area contributed by atoms with Crippen molar-refractivity contribution in [1.82, 2.24) is 5.32 Å². The Morgan fingerprint density at radius 1 is 1.48 bits per heavy atom. The Hall–Kier alpha value is -1.79. The van der Waals surface area contributed by atoms with Gasteiger partial charge in [-0.15, -0.1) is 0 Å². The summed E-state index contributed by atoms with van der Waals surface area (Å²) >= 11 is 6.02. The predicted molar refractivity (Wildman–Crippen MR) is 84.7 cm³/mol. The van der Waals surface area contributed by atoms with E-state index in [2.05, 4.69) is 5.32 Å². The number of methoxy groups -OCH3 is 1. The summed E-state index contributed by atoms with van der Waals surface area (Å²) in [6.07, 6.45) is 2.86. The van der Waals surface area contributed by atoms with Crippen molar-refractivity contribution in [2.24, 2.45) is 0 Å².